The molecule has 0 saturated heterocycles. The first kappa shape index (κ1) is 36.0. The van der Waals surface area contributed by atoms with Gasteiger partial charge >= 0.3 is 11.9 Å². The Kier molecular flexibility index (Phi) is 12.3. The number of carbonyl (C=O) groups is 3. The van der Waals surface area contributed by atoms with Gasteiger partial charge < -0.3 is 24.3 Å². The molecule has 1 amide bonds. The summed E-state index contributed by atoms with van der Waals surface area (Å²) in [4.78, 5) is 55.4. The maximum atomic E-state index is 13.7. The molecule has 1 aromatic carbocycles. The van der Waals surface area contributed by atoms with Crippen LogP contribution in [0.4, 0.5) is 5.82 Å². The number of nitrogens with zero attached hydrogens (tertiary/aromatic N) is 4. The summed E-state index contributed by atoms with van der Waals surface area (Å²) in [6.07, 6.45) is 2.46. The van der Waals surface area contributed by atoms with E-state index in [4.69, 9.17) is 14.2 Å². The zero-order chi connectivity index (χ0) is 34.8. The number of ether oxygens (including phenoxy) is 4. The van der Waals surface area contributed by atoms with Crippen LogP contribution in [0.25, 0.3) is 11.6 Å². The molecular weight excluding hydrogens is 685 g/mol. The fraction of sp³-hybridized carbons (Fsp3) is 0.300. The Morgan fingerprint density at radius 2 is 1.62 bits per heavy atom. The Balaban J connectivity index is 1.79. The number of carbonyl (C=O) groups excluding carboxylic acids is 3. The van der Waals surface area contributed by atoms with E-state index in [1.165, 1.54) is 25.6 Å². The molecule has 4 rings (SSSR count). The van der Waals surface area contributed by atoms with E-state index in [0.717, 1.165) is 42.2 Å². The average molecular weight is 717 g/mol. The van der Waals surface area contributed by atoms with Gasteiger partial charge in [-0.05, 0) is 36.2 Å². The van der Waals surface area contributed by atoms with E-state index in [-0.39, 0.29) is 49.9 Å². The second kappa shape index (κ2) is 16.3. The molecular formula is C30H32N6O9S3. The molecule has 0 fully saturated rings. The van der Waals surface area contributed by atoms with Gasteiger partial charge in [0.2, 0.25) is 17.5 Å². The maximum absolute atomic E-state index is 13.7. The van der Waals surface area contributed by atoms with Crippen molar-refractivity contribution in [3.8, 4) is 28.9 Å². The Morgan fingerprint density at radius 1 is 0.917 bits per heavy atom. The van der Waals surface area contributed by atoms with Gasteiger partial charge in [0.25, 0.3) is 10.0 Å². The van der Waals surface area contributed by atoms with Crippen molar-refractivity contribution in [2.24, 2.45) is 0 Å². The zero-order valence-corrected chi connectivity index (χ0v) is 28.9. The molecule has 4 aromatic rings. The van der Waals surface area contributed by atoms with Crippen LogP contribution in [0.5, 0.6) is 17.2 Å². The zero-order valence-electron chi connectivity index (χ0n) is 26.5. The average Bonchev–Trinajstić information content (AvgIpc) is 3.60. The number of benzene rings is 1. The van der Waals surface area contributed by atoms with Crippen molar-refractivity contribution < 1.29 is 41.7 Å². The van der Waals surface area contributed by atoms with Crippen molar-refractivity contribution in [2.75, 3.05) is 31.8 Å². The first-order chi connectivity index (χ1) is 22.9. The van der Waals surface area contributed by atoms with Gasteiger partial charge in [0.05, 0.1) is 33.5 Å². The van der Waals surface area contributed by atoms with E-state index in [9.17, 15) is 22.8 Å². The van der Waals surface area contributed by atoms with Gasteiger partial charge in [-0.25, -0.2) is 33.1 Å². The number of nitrogens with one attached hydrogen (secondary N) is 2. The minimum Gasteiger partial charge on any atom is -0.493 e. The number of methoxy groups -OCH3 is 3. The summed E-state index contributed by atoms with van der Waals surface area (Å²) in [5, 5.41) is 2.46. The Morgan fingerprint density at radius 3 is 2.25 bits per heavy atom. The smallest absolute Gasteiger partial charge is 0.328 e. The predicted octanol–water partition coefficient (Wildman–Crippen LogP) is 4.03. The summed E-state index contributed by atoms with van der Waals surface area (Å²) in [5.74, 6) is -2.44. The lowest BCUT2D eigenvalue weighted by Crippen LogP contribution is -2.43. The molecule has 48 heavy (non-hydrogen) atoms. The molecule has 0 aliphatic heterocycles. The van der Waals surface area contributed by atoms with Crippen molar-refractivity contribution in [2.45, 2.75) is 41.5 Å². The third-order valence-electron chi connectivity index (χ3n) is 6.31. The highest BCUT2D eigenvalue weighted by Crippen LogP contribution is 2.42. The summed E-state index contributed by atoms with van der Waals surface area (Å²) in [6.45, 7) is 3.90. The van der Waals surface area contributed by atoms with Crippen LogP contribution >= 0.6 is 23.1 Å². The minimum absolute atomic E-state index is 0.0165. The summed E-state index contributed by atoms with van der Waals surface area (Å²) < 4.78 is 50.9. The van der Waals surface area contributed by atoms with Gasteiger partial charge in [-0.3, -0.25) is 14.3 Å². The van der Waals surface area contributed by atoms with Gasteiger partial charge in [-0.2, -0.15) is 0 Å². The highest BCUT2D eigenvalue weighted by atomic mass is 32.2. The molecule has 3 aromatic heterocycles. The fourth-order valence-corrected chi connectivity index (χ4v) is 7.04. The van der Waals surface area contributed by atoms with Crippen molar-refractivity contribution in [3.63, 3.8) is 0 Å². The number of hydrogen-bond acceptors (Lipinski definition) is 15. The lowest BCUT2D eigenvalue weighted by Gasteiger charge is -2.18. The predicted molar refractivity (Wildman–Crippen MR) is 177 cm³/mol. The van der Waals surface area contributed by atoms with Crippen LogP contribution in [0.15, 0.2) is 64.1 Å². The molecule has 254 valence electrons. The Labute approximate surface area is 284 Å². The number of esters is 2. The van der Waals surface area contributed by atoms with Crippen molar-refractivity contribution >= 4 is 56.8 Å². The molecule has 0 unspecified atom stereocenters. The van der Waals surface area contributed by atoms with E-state index < -0.39 is 40.3 Å². The molecule has 0 aliphatic rings. The van der Waals surface area contributed by atoms with E-state index in [1.54, 1.807) is 36.4 Å². The number of sulfonamides is 1. The maximum Gasteiger partial charge on any atom is 0.328 e. The fourth-order valence-electron chi connectivity index (χ4n) is 3.94. The number of anilines is 1. The molecule has 0 spiro atoms. The van der Waals surface area contributed by atoms with E-state index in [1.807, 2.05) is 13.8 Å². The summed E-state index contributed by atoms with van der Waals surface area (Å²) >= 11 is 1.95. The third-order valence-corrected chi connectivity index (χ3v) is 10.5. The van der Waals surface area contributed by atoms with Crippen LogP contribution in [-0.2, 0) is 33.9 Å². The van der Waals surface area contributed by atoms with Gasteiger partial charge in [0.1, 0.15) is 15.3 Å². The van der Waals surface area contributed by atoms with Gasteiger partial charge in [0, 0.05) is 17.3 Å². The molecule has 1 atom stereocenters. The lowest BCUT2D eigenvalue weighted by molar-refractivity contribution is -0.150. The van der Waals surface area contributed by atoms with Crippen molar-refractivity contribution in [3.05, 3.63) is 59.7 Å². The Hall–Kier alpha value is -4.81. The lowest BCUT2D eigenvalue weighted by atomic mass is 10.2. The first-order valence-corrected chi connectivity index (χ1v) is 17.4. The number of aromatic nitrogens is 4. The highest BCUT2D eigenvalue weighted by molar-refractivity contribution is 8.00. The van der Waals surface area contributed by atoms with Gasteiger partial charge in [-0.1, -0.05) is 37.7 Å². The monoisotopic (exact) mass is 716 g/mol. The summed E-state index contributed by atoms with van der Waals surface area (Å²) in [7, 11) is -0.502. The minimum atomic E-state index is -4.20. The number of hydrogen-bond donors (Lipinski definition) is 2. The van der Waals surface area contributed by atoms with Gasteiger partial charge in [-0.15, -0.1) is 11.3 Å². The molecule has 0 aliphatic carbocycles. The number of amides is 1. The number of para-hydroxylation sites is 2. The molecule has 0 bridgehead atoms. The number of thiophene rings is 1. The molecule has 3 heterocycles. The number of thioether (sulfide) groups is 1. The molecule has 0 saturated carbocycles. The van der Waals surface area contributed by atoms with E-state index in [2.05, 4.69) is 34.7 Å². The second-order valence-electron chi connectivity index (χ2n) is 9.98. The van der Waals surface area contributed by atoms with E-state index >= 15 is 0 Å². The van der Waals surface area contributed by atoms with Crippen LogP contribution in [0.2, 0.25) is 0 Å². The third kappa shape index (κ3) is 9.17. The van der Waals surface area contributed by atoms with Crippen LogP contribution in [-0.4, -0.2) is 79.3 Å². The highest BCUT2D eigenvalue weighted by Gasteiger charge is 2.28. The SMILES string of the molecule is COC(=O)C[C@H](NC(=O)CSc1nc(-c2ncccn2)nc(NS(=O)(=O)c2ccc(C(C)C)s2)c1Oc1ccccc1OC)C(=O)OC. The second-order valence-corrected chi connectivity index (χ2v) is 14.0. The Bertz CT molecular complexity index is 1870. The van der Waals surface area contributed by atoms with Crippen LogP contribution in [0.3, 0.4) is 0 Å². The van der Waals surface area contributed by atoms with Crippen LogP contribution in [0.1, 0.15) is 31.1 Å². The number of rotatable bonds is 15. The molecule has 18 heteroatoms. The molecule has 15 nitrogen and oxygen atoms in total. The van der Waals surface area contributed by atoms with Crippen LogP contribution in [0, 0.1) is 0 Å². The normalized spacial score (nSPS) is 11.8. The quantitative estimate of drug-likeness (QED) is 0.102. The summed E-state index contributed by atoms with van der Waals surface area (Å²) in [6, 6.07) is 10.1. The van der Waals surface area contributed by atoms with E-state index in [0.29, 0.717) is 5.75 Å². The van der Waals surface area contributed by atoms with Crippen LogP contribution < -0.4 is 19.5 Å². The van der Waals surface area contributed by atoms with Gasteiger partial charge in [0.15, 0.2) is 23.1 Å². The van der Waals surface area contributed by atoms with Crippen molar-refractivity contribution in [1.82, 2.24) is 25.3 Å². The first-order valence-electron chi connectivity index (χ1n) is 14.1. The standard InChI is InChI=1S/C30H32N6O9S3/c1-17(2)21-11-12-24(47-21)48(40,41)36-26-25(45-20-10-7-6-9-19(20)42-3)29(35-28(34-26)27-31-13-8-14-32-27)46-16-22(37)33-18(30(39)44-5)15-23(38)43-4/h6-14,17-18H,15-16H2,1-5H3,(H,33,37)(H,34,35,36)/t18-/m0/s1. The largest absolute Gasteiger partial charge is 0.493 e. The summed E-state index contributed by atoms with van der Waals surface area (Å²) in [5.41, 5.74) is 0. The molecule has 0 radical (unpaired) electrons. The topological polar surface area (TPSA) is 198 Å². The van der Waals surface area contributed by atoms with Crippen molar-refractivity contribution in [1.29, 1.82) is 0 Å². The molecule has 2 N–H and O–H groups in total.